The van der Waals surface area contributed by atoms with Crippen LogP contribution in [-0.2, 0) is 0 Å². The molecule has 0 heterocycles. The molecule has 0 aliphatic heterocycles. The summed E-state index contributed by atoms with van der Waals surface area (Å²) in [6.45, 7) is 5.34. The third kappa shape index (κ3) is 4.30. The first-order valence-electron chi connectivity index (χ1n) is 7.38. The fourth-order valence-corrected chi connectivity index (χ4v) is 2.23. The Morgan fingerprint density at radius 3 is 2.52 bits per heavy atom. The van der Waals surface area contributed by atoms with E-state index in [4.69, 9.17) is 4.74 Å². The van der Waals surface area contributed by atoms with Gasteiger partial charge in [-0.05, 0) is 37.6 Å². The quantitative estimate of drug-likeness (QED) is 0.822. The molecule has 112 valence electrons. The Bertz CT molecular complexity index is 571. The Morgan fingerprint density at radius 2 is 1.81 bits per heavy atom. The number of para-hydroxylation sites is 1. The lowest BCUT2D eigenvalue weighted by atomic mass is 10.1. The minimum atomic E-state index is -0.195. The summed E-state index contributed by atoms with van der Waals surface area (Å²) in [7, 11) is 0. The second-order valence-electron chi connectivity index (χ2n) is 5.10. The van der Waals surface area contributed by atoms with Crippen LogP contribution in [0.25, 0.3) is 0 Å². The third-order valence-electron chi connectivity index (χ3n) is 3.42. The summed E-state index contributed by atoms with van der Waals surface area (Å²) in [5.74, 6) is 0.650. The molecule has 2 rings (SSSR count). The van der Waals surface area contributed by atoms with Gasteiger partial charge in [0, 0.05) is 5.56 Å². The Hall–Kier alpha value is -1.87. The normalized spacial score (nSPS) is 12.1. The molecule has 1 unspecified atom stereocenters. The van der Waals surface area contributed by atoms with Crippen molar-refractivity contribution in [3.63, 3.8) is 0 Å². The Labute approximate surface area is 126 Å². The minimum absolute atomic E-state index is 0.147. The molecule has 2 aromatic carbocycles. The first-order valence-corrected chi connectivity index (χ1v) is 7.38. The topological polar surface area (TPSA) is 21.3 Å². The zero-order valence-electron chi connectivity index (χ0n) is 12.6. The van der Waals surface area contributed by atoms with Gasteiger partial charge >= 0.3 is 0 Å². The maximum atomic E-state index is 14.0. The number of rotatable bonds is 7. The summed E-state index contributed by atoms with van der Waals surface area (Å²) in [4.78, 5) is 0. The molecule has 0 bridgehead atoms. The molecular formula is C18H22FNO. The van der Waals surface area contributed by atoms with E-state index in [1.54, 1.807) is 6.07 Å². The molecule has 0 aliphatic rings. The molecule has 3 heteroatoms. The lowest BCUT2D eigenvalue weighted by Gasteiger charge is -2.20. The van der Waals surface area contributed by atoms with E-state index in [-0.39, 0.29) is 11.9 Å². The fourth-order valence-electron chi connectivity index (χ4n) is 2.23. The summed E-state index contributed by atoms with van der Waals surface area (Å²) in [6, 6.07) is 14.6. The molecule has 1 N–H and O–H groups in total. The number of ether oxygens (including phenoxy) is 1. The summed E-state index contributed by atoms with van der Waals surface area (Å²) in [5.41, 5.74) is 1.74. The first kappa shape index (κ1) is 15.5. The highest BCUT2D eigenvalue weighted by molar-refractivity contribution is 5.32. The highest BCUT2D eigenvalue weighted by atomic mass is 19.1. The third-order valence-corrected chi connectivity index (χ3v) is 3.42. The van der Waals surface area contributed by atoms with Crippen molar-refractivity contribution in [2.75, 3.05) is 13.2 Å². The molecule has 0 radical (unpaired) electrons. The Balaban J connectivity index is 2.10. The van der Waals surface area contributed by atoms with Crippen molar-refractivity contribution in [2.45, 2.75) is 26.3 Å². The Morgan fingerprint density at radius 1 is 1.10 bits per heavy atom. The molecule has 0 aliphatic carbocycles. The SMILES string of the molecule is CCCNC(COc1ccccc1C)c1ccccc1F. The molecule has 0 spiro atoms. The van der Waals surface area contributed by atoms with Crippen LogP contribution < -0.4 is 10.1 Å². The van der Waals surface area contributed by atoms with Crippen molar-refractivity contribution >= 4 is 0 Å². The molecule has 0 amide bonds. The van der Waals surface area contributed by atoms with Crippen LogP contribution in [0.2, 0.25) is 0 Å². The molecule has 0 saturated carbocycles. The lowest BCUT2D eigenvalue weighted by Crippen LogP contribution is -2.28. The predicted octanol–water partition coefficient (Wildman–Crippen LogP) is 4.25. The second kappa shape index (κ2) is 7.79. The number of hydrogen-bond acceptors (Lipinski definition) is 2. The zero-order valence-corrected chi connectivity index (χ0v) is 12.6. The van der Waals surface area contributed by atoms with Crippen LogP contribution in [0.1, 0.15) is 30.5 Å². The van der Waals surface area contributed by atoms with Gasteiger partial charge in [-0.15, -0.1) is 0 Å². The molecule has 2 nitrogen and oxygen atoms in total. The van der Waals surface area contributed by atoms with Crippen LogP contribution in [0.15, 0.2) is 48.5 Å². The molecule has 0 fully saturated rings. The Kier molecular flexibility index (Phi) is 5.76. The summed E-state index contributed by atoms with van der Waals surface area (Å²) in [6.07, 6.45) is 0.995. The van der Waals surface area contributed by atoms with E-state index in [1.165, 1.54) is 6.07 Å². The van der Waals surface area contributed by atoms with Gasteiger partial charge in [0.25, 0.3) is 0 Å². The van der Waals surface area contributed by atoms with Gasteiger partial charge in [-0.3, -0.25) is 0 Å². The van der Waals surface area contributed by atoms with Crippen LogP contribution in [-0.4, -0.2) is 13.2 Å². The first-order chi connectivity index (χ1) is 10.2. The van der Waals surface area contributed by atoms with E-state index in [1.807, 2.05) is 43.3 Å². The maximum Gasteiger partial charge on any atom is 0.128 e. The molecule has 0 aromatic heterocycles. The number of aryl methyl sites for hydroxylation is 1. The van der Waals surface area contributed by atoms with E-state index in [2.05, 4.69) is 12.2 Å². The van der Waals surface area contributed by atoms with Crippen LogP contribution in [0.5, 0.6) is 5.75 Å². The number of halogens is 1. The number of benzene rings is 2. The average molecular weight is 287 g/mol. The standard InChI is InChI=1S/C18H22FNO/c1-3-12-20-17(15-9-5-6-10-16(15)19)13-21-18-11-7-4-8-14(18)2/h4-11,17,20H,3,12-13H2,1-2H3. The second-order valence-corrected chi connectivity index (χ2v) is 5.10. The van der Waals surface area contributed by atoms with Gasteiger partial charge in [0.15, 0.2) is 0 Å². The summed E-state index contributed by atoms with van der Waals surface area (Å²) >= 11 is 0. The van der Waals surface area contributed by atoms with Crippen LogP contribution in [0.4, 0.5) is 4.39 Å². The largest absolute Gasteiger partial charge is 0.491 e. The lowest BCUT2D eigenvalue weighted by molar-refractivity contribution is 0.261. The molecule has 2 aromatic rings. The van der Waals surface area contributed by atoms with Crippen LogP contribution in [0.3, 0.4) is 0 Å². The number of hydrogen-bond donors (Lipinski definition) is 1. The monoisotopic (exact) mass is 287 g/mol. The van der Waals surface area contributed by atoms with Gasteiger partial charge in [0.05, 0.1) is 6.04 Å². The maximum absolute atomic E-state index is 14.0. The highest BCUT2D eigenvalue weighted by Gasteiger charge is 2.15. The summed E-state index contributed by atoms with van der Waals surface area (Å²) < 4.78 is 19.9. The van der Waals surface area contributed by atoms with Crippen molar-refractivity contribution in [1.29, 1.82) is 0 Å². The van der Waals surface area contributed by atoms with Gasteiger partial charge in [-0.1, -0.05) is 43.3 Å². The average Bonchev–Trinajstić information content (AvgIpc) is 2.50. The van der Waals surface area contributed by atoms with E-state index >= 15 is 0 Å². The van der Waals surface area contributed by atoms with E-state index < -0.39 is 0 Å². The van der Waals surface area contributed by atoms with Crippen molar-refractivity contribution in [1.82, 2.24) is 5.32 Å². The van der Waals surface area contributed by atoms with Crippen molar-refractivity contribution in [2.24, 2.45) is 0 Å². The van der Waals surface area contributed by atoms with Crippen molar-refractivity contribution in [3.8, 4) is 5.75 Å². The van der Waals surface area contributed by atoms with E-state index in [0.29, 0.717) is 12.2 Å². The minimum Gasteiger partial charge on any atom is -0.491 e. The molecule has 21 heavy (non-hydrogen) atoms. The van der Waals surface area contributed by atoms with Gasteiger partial charge in [0.1, 0.15) is 18.2 Å². The van der Waals surface area contributed by atoms with E-state index in [9.17, 15) is 4.39 Å². The van der Waals surface area contributed by atoms with Crippen LogP contribution >= 0.6 is 0 Å². The summed E-state index contributed by atoms with van der Waals surface area (Å²) in [5, 5.41) is 3.35. The zero-order chi connectivity index (χ0) is 15.1. The predicted molar refractivity (Wildman–Crippen MR) is 84.1 cm³/mol. The van der Waals surface area contributed by atoms with Gasteiger partial charge in [0.2, 0.25) is 0 Å². The fraction of sp³-hybridized carbons (Fsp3) is 0.333. The van der Waals surface area contributed by atoms with Crippen molar-refractivity contribution in [3.05, 3.63) is 65.5 Å². The van der Waals surface area contributed by atoms with Gasteiger partial charge in [-0.25, -0.2) is 4.39 Å². The van der Waals surface area contributed by atoms with Gasteiger partial charge in [-0.2, -0.15) is 0 Å². The smallest absolute Gasteiger partial charge is 0.128 e. The number of nitrogens with one attached hydrogen (secondary N) is 1. The molecule has 0 saturated heterocycles. The van der Waals surface area contributed by atoms with E-state index in [0.717, 1.165) is 24.3 Å². The molecule has 1 atom stereocenters. The van der Waals surface area contributed by atoms with Crippen LogP contribution in [0, 0.1) is 12.7 Å². The van der Waals surface area contributed by atoms with Gasteiger partial charge < -0.3 is 10.1 Å². The highest BCUT2D eigenvalue weighted by Crippen LogP contribution is 2.21. The molecular weight excluding hydrogens is 265 g/mol. The van der Waals surface area contributed by atoms with Crippen molar-refractivity contribution < 1.29 is 9.13 Å².